The zero-order valence-corrected chi connectivity index (χ0v) is 16.3. The number of hydrogen-bond acceptors (Lipinski definition) is 4. The molecule has 3 rings (SSSR count). The Morgan fingerprint density at radius 1 is 0.862 bits per heavy atom. The van der Waals surface area contributed by atoms with Gasteiger partial charge in [-0.2, -0.15) is 0 Å². The second-order valence-electron chi connectivity index (χ2n) is 6.29. The van der Waals surface area contributed by atoms with Crippen LogP contribution in [0.25, 0.3) is 0 Å². The van der Waals surface area contributed by atoms with Crippen molar-refractivity contribution in [2.75, 3.05) is 5.32 Å². The Hall–Kier alpha value is -3.44. The molecular formula is C23H18ClNO4. The zero-order valence-electron chi connectivity index (χ0n) is 15.6. The number of ketones is 1. The van der Waals surface area contributed by atoms with E-state index < -0.39 is 12.1 Å². The van der Waals surface area contributed by atoms with Crippen molar-refractivity contribution in [3.05, 3.63) is 101 Å². The van der Waals surface area contributed by atoms with Gasteiger partial charge in [0.2, 0.25) is 11.7 Å². The van der Waals surface area contributed by atoms with Crippen molar-refractivity contribution in [1.29, 1.82) is 0 Å². The van der Waals surface area contributed by atoms with E-state index in [9.17, 15) is 14.4 Å². The Balaban J connectivity index is 1.95. The number of halogens is 1. The fourth-order valence-electron chi connectivity index (χ4n) is 2.79. The lowest BCUT2D eigenvalue weighted by atomic mass is 9.99. The topological polar surface area (TPSA) is 72.5 Å². The summed E-state index contributed by atoms with van der Waals surface area (Å²) in [6, 6.07) is 21.6. The number of Topliss-reactive ketones (excluding diaryl/α,β-unsaturated/α-hetero) is 1. The molecule has 0 saturated carbocycles. The van der Waals surface area contributed by atoms with E-state index in [1.165, 1.54) is 13.0 Å². The molecule has 0 aliphatic carbocycles. The summed E-state index contributed by atoms with van der Waals surface area (Å²) < 4.78 is 5.62. The highest BCUT2D eigenvalue weighted by molar-refractivity contribution is 6.30. The van der Waals surface area contributed by atoms with Crippen LogP contribution in [0.3, 0.4) is 0 Å². The first-order valence-electron chi connectivity index (χ1n) is 8.88. The maximum Gasteiger partial charge on any atom is 0.341 e. The third-order valence-electron chi connectivity index (χ3n) is 4.15. The van der Waals surface area contributed by atoms with Gasteiger partial charge in [0.15, 0.2) is 6.10 Å². The standard InChI is InChI=1S/C23H18ClNO4/c1-15(26)25-20-10-6-5-9-19(20)23(28)29-22(17-11-13-18(24)14-12-17)21(27)16-7-3-2-4-8-16/h2-14,22H,1H3,(H,25,26)/t22-/m0/s1. The van der Waals surface area contributed by atoms with Crippen molar-refractivity contribution < 1.29 is 19.1 Å². The minimum atomic E-state index is -1.16. The molecule has 0 bridgehead atoms. The minimum Gasteiger partial charge on any atom is -0.445 e. The van der Waals surface area contributed by atoms with Crippen molar-refractivity contribution >= 4 is 34.9 Å². The third-order valence-corrected chi connectivity index (χ3v) is 4.40. The van der Waals surface area contributed by atoms with Crippen LogP contribution < -0.4 is 5.32 Å². The average molecular weight is 408 g/mol. The van der Waals surface area contributed by atoms with E-state index in [-0.39, 0.29) is 17.3 Å². The predicted octanol–water partition coefficient (Wildman–Crippen LogP) is 5.08. The van der Waals surface area contributed by atoms with Gasteiger partial charge in [-0.3, -0.25) is 9.59 Å². The fraction of sp³-hybridized carbons (Fsp3) is 0.0870. The van der Waals surface area contributed by atoms with Crippen LogP contribution in [0.15, 0.2) is 78.9 Å². The van der Waals surface area contributed by atoms with Crippen LogP contribution in [-0.2, 0) is 9.53 Å². The number of rotatable bonds is 6. The van der Waals surface area contributed by atoms with Gasteiger partial charge < -0.3 is 10.1 Å². The van der Waals surface area contributed by atoms with Gasteiger partial charge in [0, 0.05) is 23.1 Å². The van der Waals surface area contributed by atoms with Gasteiger partial charge in [0.1, 0.15) is 0 Å². The van der Waals surface area contributed by atoms with E-state index in [0.717, 1.165) is 0 Å². The lowest BCUT2D eigenvalue weighted by molar-refractivity contribution is -0.114. The van der Waals surface area contributed by atoms with E-state index >= 15 is 0 Å². The molecule has 0 unspecified atom stereocenters. The summed E-state index contributed by atoms with van der Waals surface area (Å²) >= 11 is 5.95. The number of para-hydroxylation sites is 1. The Morgan fingerprint density at radius 2 is 1.48 bits per heavy atom. The molecule has 5 nitrogen and oxygen atoms in total. The predicted molar refractivity (Wildman–Crippen MR) is 111 cm³/mol. The Bertz CT molecular complexity index is 1030. The van der Waals surface area contributed by atoms with Gasteiger partial charge in [0.25, 0.3) is 0 Å². The molecule has 0 fully saturated rings. The largest absolute Gasteiger partial charge is 0.445 e. The molecule has 0 saturated heterocycles. The van der Waals surface area contributed by atoms with Crippen LogP contribution >= 0.6 is 11.6 Å². The number of amides is 1. The van der Waals surface area contributed by atoms with E-state index in [4.69, 9.17) is 16.3 Å². The van der Waals surface area contributed by atoms with Crippen LogP contribution in [0.1, 0.15) is 39.3 Å². The molecule has 1 amide bonds. The van der Waals surface area contributed by atoms with Gasteiger partial charge in [-0.1, -0.05) is 66.2 Å². The van der Waals surface area contributed by atoms with E-state index in [0.29, 0.717) is 21.8 Å². The Kier molecular flexibility index (Phi) is 6.42. The first-order chi connectivity index (χ1) is 14.0. The highest BCUT2D eigenvalue weighted by atomic mass is 35.5. The summed E-state index contributed by atoms with van der Waals surface area (Å²) in [6.07, 6.45) is -1.16. The second-order valence-corrected chi connectivity index (χ2v) is 6.73. The van der Waals surface area contributed by atoms with Gasteiger partial charge in [-0.15, -0.1) is 0 Å². The molecule has 0 aliphatic heterocycles. The van der Waals surface area contributed by atoms with Gasteiger partial charge in [-0.05, 0) is 24.3 Å². The number of benzene rings is 3. The SMILES string of the molecule is CC(=O)Nc1ccccc1C(=O)O[C@H](C(=O)c1ccccc1)c1ccc(Cl)cc1. The Morgan fingerprint density at radius 3 is 2.14 bits per heavy atom. The number of esters is 1. The number of anilines is 1. The molecule has 3 aromatic rings. The molecule has 0 radical (unpaired) electrons. The number of ether oxygens (including phenoxy) is 1. The van der Waals surface area contributed by atoms with Crippen LogP contribution in [0.4, 0.5) is 5.69 Å². The lowest BCUT2D eigenvalue weighted by Crippen LogP contribution is -2.21. The summed E-state index contributed by atoms with van der Waals surface area (Å²) in [5.74, 6) is -1.41. The van der Waals surface area contributed by atoms with Crippen LogP contribution in [0.5, 0.6) is 0 Å². The average Bonchev–Trinajstić information content (AvgIpc) is 2.73. The van der Waals surface area contributed by atoms with Crippen molar-refractivity contribution in [3.8, 4) is 0 Å². The molecule has 0 aliphatic rings. The van der Waals surface area contributed by atoms with Gasteiger partial charge >= 0.3 is 5.97 Å². The number of nitrogens with one attached hydrogen (secondary N) is 1. The molecule has 146 valence electrons. The monoisotopic (exact) mass is 407 g/mol. The highest BCUT2D eigenvalue weighted by Crippen LogP contribution is 2.27. The zero-order chi connectivity index (χ0) is 20.8. The maximum absolute atomic E-state index is 13.1. The molecule has 1 atom stereocenters. The summed E-state index contributed by atoms with van der Waals surface area (Å²) in [4.78, 5) is 37.4. The number of carbonyl (C=O) groups is 3. The smallest absolute Gasteiger partial charge is 0.341 e. The van der Waals surface area contributed by atoms with Crippen LogP contribution in [-0.4, -0.2) is 17.7 Å². The summed E-state index contributed by atoms with van der Waals surface area (Å²) in [5, 5.41) is 3.10. The van der Waals surface area contributed by atoms with Crippen molar-refractivity contribution in [2.24, 2.45) is 0 Å². The number of hydrogen-bond donors (Lipinski definition) is 1. The quantitative estimate of drug-likeness (QED) is 0.457. The van der Waals surface area contributed by atoms with E-state index in [1.54, 1.807) is 72.8 Å². The number of carbonyl (C=O) groups excluding carboxylic acids is 3. The fourth-order valence-corrected chi connectivity index (χ4v) is 2.92. The van der Waals surface area contributed by atoms with Gasteiger partial charge in [0.05, 0.1) is 11.3 Å². The molecule has 0 aromatic heterocycles. The molecule has 0 spiro atoms. The maximum atomic E-state index is 13.1. The van der Waals surface area contributed by atoms with Crippen LogP contribution in [0, 0.1) is 0 Å². The normalized spacial score (nSPS) is 11.4. The van der Waals surface area contributed by atoms with E-state index in [1.807, 2.05) is 0 Å². The second kappa shape index (κ2) is 9.17. The Labute approximate surface area is 173 Å². The first kappa shape index (κ1) is 20.3. The summed E-state index contributed by atoms with van der Waals surface area (Å²) in [6.45, 7) is 1.34. The molecule has 3 aromatic carbocycles. The van der Waals surface area contributed by atoms with Gasteiger partial charge in [-0.25, -0.2) is 4.79 Å². The van der Waals surface area contributed by atoms with Crippen molar-refractivity contribution in [3.63, 3.8) is 0 Å². The third kappa shape index (κ3) is 5.09. The summed E-state index contributed by atoms with van der Waals surface area (Å²) in [5.41, 5.74) is 1.37. The van der Waals surface area contributed by atoms with Crippen molar-refractivity contribution in [1.82, 2.24) is 0 Å². The molecular weight excluding hydrogens is 390 g/mol. The summed E-state index contributed by atoms with van der Waals surface area (Å²) in [7, 11) is 0. The molecule has 1 N–H and O–H groups in total. The molecule has 0 heterocycles. The van der Waals surface area contributed by atoms with Crippen LogP contribution in [0.2, 0.25) is 5.02 Å². The highest BCUT2D eigenvalue weighted by Gasteiger charge is 2.27. The first-order valence-corrected chi connectivity index (χ1v) is 9.26. The lowest BCUT2D eigenvalue weighted by Gasteiger charge is -2.18. The van der Waals surface area contributed by atoms with E-state index in [2.05, 4.69) is 5.32 Å². The van der Waals surface area contributed by atoms with Crippen molar-refractivity contribution in [2.45, 2.75) is 13.0 Å². The molecule has 29 heavy (non-hydrogen) atoms. The molecule has 6 heteroatoms. The minimum absolute atomic E-state index is 0.155.